The second-order valence-electron chi connectivity index (χ2n) is 6.19. The molecule has 0 bridgehead atoms. The van der Waals surface area contributed by atoms with E-state index >= 15 is 0 Å². The third-order valence-corrected chi connectivity index (χ3v) is 4.51. The maximum atomic E-state index is 13.8. The van der Waals surface area contributed by atoms with Gasteiger partial charge in [0.25, 0.3) is 0 Å². The van der Waals surface area contributed by atoms with E-state index in [-0.39, 0.29) is 17.6 Å². The van der Waals surface area contributed by atoms with E-state index in [0.717, 1.165) is 13.1 Å². The molecule has 1 amide bonds. The molecule has 3 nitrogen and oxygen atoms in total. The van der Waals surface area contributed by atoms with Gasteiger partial charge in [-0.05, 0) is 43.4 Å². The second-order valence-corrected chi connectivity index (χ2v) is 7.11. The molecule has 0 aliphatic carbocycles. The van der Waals surface area contributed by atoms with E-state index in [4.69, 9.17) is 0 Å². The van der Waals surface area contributed by atoms with Gasteiger partial charge in [-0.1, -0.05) is 29.8 Å². The number of anilines is 1. The van der Waals surface area contributed by atoms with Gasteiger partial charge < -0.3 is 5.32 Å². The minimum atomic E-state index is -0.426. The Morgan fingerprint density at radius 2 is 2.00 bits per heavy atom. The van der Waals surface area contributed by atoms with Crippen molar-refractivity contribution in [3.05, 3.63) is 28.5 Å². The van der Waals surface area contributed by atoms with Crippen LogP contribution in [0, 0.1) is 17.7 Å². The van der Waals surface area contributed by atoms with Crippen LogP contribution in [0.4, 0.5) is 10.1 Å². The Labute approximate surface area is 134 Å². The molecule has 1 fully saturated rings. The number of carbonyl (C=O) groups is 1. The molecule has 1 saturated heterocycles. The summed E-state index contributed by atoms with van der Waals surface area (Å²) in [6.45, 7) is 8.14. The van der Waals surface area contributed by atoms with Crippen LogP contribution >= 0.6 is 15.9 Å². The van der Waals surface area contributed by atoms with Crippen molar-refractivity contribution in [1.82, 2.24) is 4.90 Å². The van der Waals surface area contributed by atoms with E-state index in [9.17, 15) is 9.18 Å². The molecular formula is C16H22BrFN2O. The van der Waals surface area contributed by atoms with Crippen LogP contribution in [-0.2, 0) is 4.79 Å². The Morgan fingerprint density at radius 3 is 2.57 bits per heavy atom. The Bertz CT molecular complexity index is 513. The summed E-state index contributed by atoms with van der Waals surface area (Å²) >= 11 is 3.21. The van der Waals surface area contributed by atoms with E-state index in [1.165, 1.54) is 12.5 Å². The van der Waals surface area contributed by atoms with Gasteiger partial charge in [-0.2, -0.15) is 0 Å². The molecule has 0 aromatic heterocycles. The van der Waals surface area contributed by atoms with Crippen molar-refractivity contribution in [2.45, 2.75) is 33.2 Å². The largest absolute Gasteiger partial charge is 0.322 e. The first-order valence-electron chi connectivity index (χ1n) is 7.36. The van der Waals surface area contributed by atoms with Crippen LogP contribution in [0.3, 0.4) is 0 Å². The van der Waals surface area contributed by atoms with E-state index in [0.29, 0.717) is 16.3 Å². The third-order valence-electron chi connectivity index (χ3n) is 4.01. The highest BCUT2D eigenvalue weighted by Crippen LogP contribution is 2.24. The smallest absolute Gasteiger partial charge is 0.241 e. The maximum Gasteiger partial charge on any atom is 0.241 e. The van der Waals surface area contributed by atoms with E-state index in [1.54, 1.807) is 12.1 Å². The van der Waals surface area contributed by atoms with Gasteiger partial charge in [-0.3, -0.25) is 9.69 Å². The minimum Gasteiger partial charge on any atom is -0.322 e. The van der Waals surface area contributed by atoms with Crippen LogP contribution in [0.15, 0.2) is 22.7 Å². The average molecular weight is 357 g/mol. The van der Waals surface area contributed by atoms with Gasteiger partial charge in [0.1, 0.15) is 5.82 Å². The molecule has 1 aliphatic heterocycles. The molecule has 0 saturated carbocycles. The molecule has 1 aromatic rings. The summed E-state index contributed by atoms with van der Waals surface area (Å²) in [4.78, 5) is 14.5. The topological polar surface area (TPSA) is 32.3 Å². The first-order valence-corrected chi connectivity index (χ1v) is 8.16. The fraction of sp³-hybridized carbons (Fsp3) is 0.562. The normalized spacial score (nSPS) is 24.6. The standard InChI is InChI=1S/C16H22BrFN2O/c1-10-6-11(2)9-20(8-10)12(3)16(21)19-15-5-4-13(17)7-14(15)18/h4-5,7,10-12H,6,8-9H2,1-3H3,(H,19,21). The molecule has 2 rings (SSSR count). The number of likely N-dealkylation sites (tertiary alicyclic amines) is 1. The van der Waals surface area contributed by atoms with E-state index < -0.39 is 5.82 Å². The van der Waals surface area contributed by atoms with Gasteiger partial charge in [-0.15, -0.1) is 0 Å². The maximum absolute atomic E-state index is 13.8. The summed E-state index contributed by atoms with van der Waals surface area (Å²) in [5.41, 5.74) is 0.230. The molecule has 1 aliphatic rings. The highest BCUT2D eigenvalue weighted by Gasteiger charge is 2.29. The molecule has 116 valence electrons. The van der Waals surface area contributed by atoms with Crippen molar-refractivity contribution < 1.29 is 9.18 Å². The monoisotopic (exact) mass is 356 g/mol. The predicted molar refractivity (Wildman–Crippen MR) is 86.7 cm³/mol. The lowest BCUT2D eigenvalue weighted by Crippen LogP contribution is -2.48. The molecule has 0 spiro atoms. The first-order chi connectivity index (χ1) is 9.86. The van der Waals surface area contributed by atoms with Crippen molar-refractivity contribution in [2.24, 2.45) is 11.8 Å². The Hall–Kier alpha value is -0.940. The molecule has 0 radical (unpaired) electrons. The fourth-order valence-electron chi connectivity index (χ4n) is 3.02. The zero-order valence-corrected chi connectivity index (χ0v) is 14.3. The SMILES string of the molecule is CC1CC(C)CN(C(C)C(=O)Nc2ccc(Br)cc2F)C1. The number of rotatable bonds is 3. The van der Waals surface area contributed by atoms with Crippen molar-refractivity contribution in [3.8, 4) is 0 Å². The van der Waals surface area contributed by atoms with E-state index in [1.807, 2.05) is 6.92 Å². The number of halogens is 2. The van der Waals surface area contributed by atoms with Crippen LogP contribution in [-0.4, -0.2) is 29.9 Å². The summed E-state index contributed by atoms with van der Waals surface area (Å²) in [5.74, 6) is 0.602. The Kier molecular flexibility index (Phi) is 5.38. The summed E-state index contributed by atoms with van der Waals surface area (Å²) in [6, 6.07) is 4.39. The number of hydrogen-bond acceptors (Lipinski definition) is 2. The Balaban J connectivity index is 2.02. The lowest BCUT2D eigenvalue weighted by atomic mass is 9.91. The highest BCUT2D eigenvalue weighted by atomic mass is 79.9. The number of hydrogen-bond donors (Lipinski definition) is 1. The van der Waals surface area contributed by atoms with Gasteiger partial charge in [0.15, 0.2) is 0 Å². The zero-order chi connectivity index (χ0) is 15.6. The molecule has 1 aromatic carbocycles. The molecule has 21 heavy (non-hydrogen) atoms. The van der Waals surface area contributed by atoms with Gasteiger partial charge in [0.05, 0.1) is 11.7 Å². The summed E-state index contributed by atoms with van der Waals surface area (Å²) in [7, 11) is 0. The van der Waals surface area contributed by atoms with Crippen LogP contribution in [0.1, 0.15) is 27.2 Å². The highest BCUT2D eigenvalue weighted by molar-refractivity contribution is 9.10. The van der Waals surface area contributed by atoms with Gasteiger partial charge in [0, 0.05) is 17.6 Å². The summed E-state index contributed by atoms with van der Waals surface area (Å²) in [5, 5.41) is 2.69. The lowest BCUT2D eigenvalue weighted by Gasteiger charge is -2.38. The molecule has 5 heteroatoms. The number of nitrogens with one attached hydrogen (secondary N) is 1. The predicted octanol–water partition coefficient (Wildman–Crippen LogP) is 3.89. The number of benzene rings is 1. The van der Waals surface area contributed by atoms with Gasteiger partial charge in [-0.25, -0.2) is 4.39 Å². The van der Waals surface area contributed by atoms with Crippen LogP contribution in [0.25, 0.3) is 0 Å². The fourth-order valence-corrected chi connectivity index (χ4v) is 3.35. The molecule has 3 atom stereocenters. The zero-order valence-electron chi connectivity index (χ0n) is 12.7. The van der Waals surface area contributed by atoms with Crippen LogP contribution in [0.5, 0.6) is 0 Å². The van der Waals surface area contributed by atoms with Crippen molar-refractivity contribution in [2.75, 3.05) is 18.4 Å². The minimum absolute atomic E-state index is 0.155. The molecule has 1 N–H and O–H groups in total. The number of nitrogens with zero attached hydrogens (tertiary/aromatic N) is 1. The van der Waals surface area contributed by atoms with Crippen molar-refractivity contribution in [3.63, 3.8) is 0 Å². The van der Waals surface area contributed by atoms with Gasteiger partial charge >= 0.3 is 0 Å². The lowest BCUT2D eigenvalue weighted by molar-refractivity contribution is -0.121. The first kappa shape index (κ1) is 16.4. The quantitative estimate of drug-likeness (QED) is 0.890. The van der Waals surface area contributed by atoms with Gasteiger partial charge in [0.2, 0.25) is 5.91 Å². The number of carbonyl (C=O) groups excluding carboxylic acids is 1. The number of piperidine rings is 1. The molecular weight excluding hydrogens is 335 g/mol. The van der Waals surface area contributed by atoms with Crippen LogP contribution in [0.2, 0.25) is 0 Å². The van der Waals surface area contributed by atoms with Crippen LogP contribution < -0.4 is 5.32 Å². The third kappa shape index (κ3) is 4.27. The van der Waals surface area contributed by atoms with Crippen molar-refractivity contribution >= 4 is 27.5 Å². The van der Waals surface area contributed by atoms with Crippen molar-refractivity contribution in [1.29, 1.82) is 0 Å². The number of amides is 1. The van der Waals surface area contributed by atoms with E-state index in [2.05, 4.69) is 40.0 Å². The summed E-state index contributed by atoms with van der Waals surface area (Å²) in [6.07, 6.45) is 1.20. The molecule has 1 heterocycles. The average Bonchev–Trinajstić information content (AvgIpc) is 2.40. The molecule has 3 unspecified atom stereocenters. The Morgan fingerprint density at radius 1 is 1.38 bits per heavy atom. The second kappa shape index (κ2) is 6.88. The summed E-state index contributed by atoms with van der Waals surface area (Å²) < 4.78 is 14.4.